The van der Waals surface area contributed by atoms with E-state index >= 15 is 0 Å². The highest BCUT2D eigenvalue weighted by Gasteiger charge is 2.19. The van der Waals surface area contributed by atoms with Gasteiger partial charge in [-0.25, -0.2) is 4.79 Å². The molecule has 2 aromatic rings. The van der Waals surface area contributed by atoms with Crippen molar-refractivity contribution in [1.82, 2.24) is 0 Å². The lowest BCUT2D eigenvalue weighted by Gasteiger charge is -2.29. The molecular formula is C21H27NO2. The predicted molar refractivity (Wildman–Crippen MR) is 99.5 cm³/mol. The van der Waals surface area contributed by atoms with E-state index in [0.717, 1.165) is 12.2 Å². The van der Waals surface area contributed by atoms with Crippen LogP contribution in [0.2, 0.25) is 0 Å². The summed E-state index contributed by atoms with van der Waals surface area (Å²) in [4.78, 5) is 14.5. The van der Waals surface area contributed by atoms with Crippen LogP contribution >= 0.6 is 0 Å². The topological polar surface area (TPSA) is 29.5 Å². The van der Waals surface area contributed by atoms with Crippen LogP contribution in [-0.4, -0.2) is 18.7 Å². The molecule has 0 heterocycles. The van der Waals surface area contributed by atoms with E-state index in [1.165, 1.54) is 5.56 Å². The molecule has 3 heteroatoms. The molecule has 1 unspecified atom stereocenters. The lowest BCUT2D eigenvalue weighted by molar-refractivity contribution is 0.0336. The minimum absolute atomic E-state index is 0.0715. The summed E-state index contributed by atoms with van der Waals surface area (Å²) in [7, 11) is 0. The number of benzene rings is 2. The average Bonchev–Trinajstić information content (AvgIpc) is 2.56. The van der Waals surface area contributed by atoms with Crippen molar-refractivity contribution in [2.24, 2.45) is 0 Å². The third-order valence-electron chi connectivity index (χ3n) is 4.13. The van der Waals surface area contributed by atoms with Gasteiger partial charge in [0, 0.05) is 12.2 Å². The molecule has 0 aromatic heterocycles. The first-order valence-electron chi connectivity index (χ1n) is 8.46. The fraction of sp³-hybridized carbons (Fsp3) is 0.381. The Balaban J connectivity index is 2.08. The molecule has 0 bridgehead atoms. The van der Waals surface area contributed by atoms with E-state index in [4.69, 9.17) is 4.74 Å². The molecule has 24 heavy (non-hydrogen) atoms. The van der Waals surface area contributed by atoms with Gasteiger partial charge in [0.25, 0.3) is 0 Å². The van der Waals surface area contributed by atoms with E-state index in [0.29, 0.717) is 5.56 Å². The average molecular weight is 325 g/mol. The molecule has 0 saturated heterocycles. The Morgan fingerprint density at radius 2 is 1.62 bits per heavy atom. The smallest absolute Gasteiger partial charge is 0.340 e. The van der Waals surface area contributed by atoms with Gasteiger partial charge in [-0.3, -0.25) is 0 Å². The van der Waals surface area contributed by atoms with Crippen LogP contribution in [0.1, 0.15) is 50.5 Å². The van der Waals surface area contributed by atoms with Crippen LogP contribution in [0.5, 0.6) is 0 Å². The fourth-order valence-electron chi connectivity index (χ4n) is 2.66. The van der Waals surface area contributed by atoms with Crippen molar-refractivity contribution in [2.75, 3.05) is 11.4 Å². The Morgan fingerprint density at radius 3 is 2.12 bits per heavy atom. The number of carbonyl (C=O) groups is 1. The van der Waals surface area contributed by atoms with Gasteiger partial charge < -0.3 is 9.64 Å². The molecule has 0 radical (unpaired) electrons. The normalized spacial score (nSPS) is 12.5. The molecule has 0 aliphatic heterocycles. The van der Waals surface area contributed by atoms with Crippen molar-refractivity contribution < 1.29 is 9.53 Å². The number of hydrogen-bond donors (Lipinski definition) is 0. The van der Waals surface area contributed by atoms with Crippen molar-refractivity contribution in [3.05, 3.63) is 65.7 Å². The van der Waals surface area contributed by atoms with Gasteiger partial charge in [0.1, 0.15) is 0 Å². The number of rotatable bonds is 5. The highest BCUT2D eigenvalue weighted by molar-refractivity contribution is 5.89. The number of hydrogen-bond acceptors (Lipinski definition) is 3. The summed E-state index contributed by atoms with van der Waals surface area (Å²) in [5.74, 6) is -0.294. The van der Waals surface area contributed by atoms with E-state index < -0.39 is 0 Å². The van der Waals surface area contributed by atoms with E-state index in [1.807, 2.05) is 61.5 Å². The van der Waals surface area contributed by atoms with Crippen LogP contribution in [0.25, 0.3) is 0 Å². The lowest BCUT2D eigenvalue weighted by Crippen LogP contribution is -2.36. The van der Waals surface area contributed by atoms with Crippen molar-refractivity contribution in [2.45, 2.75) is 46.3 Å². The summed E-state index contributed by atoms with van der Waals surface area (Å²) in [5.41, 5.74) is 2.90. The minimum atomic E-state index is -0.327. The molecule has 128 valence electrons. The highest BCUT2D eigenvalue weighted by Crippen LogP contribution is 2.23. The molecule has 0 saturated carbocycles. The predicted octanol–water partition coefficient (Wildman–Crippen LogP) is 5.01. The Bertz CT molecular complexity index is 656. The summed E-state index contributed by atoms with van der Waals surface area (Å²) in [5, 5.41) is 0. The quantitative estimate of drug-likeness (QED) is 0.571. The Labute approximate surface area is 145 Å². The maximum Gasteiger partial charge on any atom is 0.340 e. The number of carbonyl (C=O) groups excluding carboxylic acids is 1. The second kappa shape index (κ2) is 7.52. The van der Waals surface area contributed by atoms with Gasteiger partial charge >= 0.3 is 5.97 Å². The molecule has 0 amide bonds. The zero-order valence-corrected chi connectivity index (χ0v) is 15.2. The van der Waals surface area contributed by atoms with E-state index in [-0.39, 0.29) is 17.6 Å². The minimum Gasteiger partial charge on any atom is -0.438 e. The molecule has 2 rings (SSSR count). The molecule has 0 N–H and O–H groups in total. The maximum atomic E-state index is 12.4. The lowest BCUT2D eigenvalue weighted by atomic mass is 9.87. The highest BCUT2D eigenvalue weighted by atomic mass is 16.6. The van der Waals surface area contributed by atoms with Gasteiger partial charge in [0.15, 0.2) is 6.23 Å². The van der Waals surface area contributed by atoms with E-state index in [1.54, 1.807) is 0 Å². The fourth-order valence-corrected chi connectivity index (χ4v) is 2.66. The third-order valence-corrected chi connectivity index (χ3v) is 4.13. The Morgan fingerprint density at radius 1 is 1.04 bits per heavy atom. The number of nitrogens with zero attached hydrogens (tertiary/aromatic N) is 1. The van der Waals surface area contributed by atoms with Crippen LogP contribution in [0, 0.1) is 0 Å². The largest absolute Gasteiger partial charge is 0.438 e. The van der Waals surface area contributed by atoms with E-state index in [2.05, 4.69) is 32.6 Å². The Kier molecular flexibility index (Phi) is 5.66. The monoisotopic (exact) mass is 325 g/mol. The first kappa shape index (κ1) is 18.1. The second-order valence-electron chi connectivity index (χ2n) is 6.95. The van der Waals surface area contributed by atoms with Crippen LogP contribution in [0.15, 0.2) is 54.6 Å². The van der Waals surface area contributed by atoms with Gasteiger partial charge in [-0.15, -0.1) is 0 Å². The number of anilines is 1. The number of ether oxygens (including phenoxy) is 1. The van der Waals surface area contributed by atoms with Gasteiger partial charge in [-0.1, -0.05) is 51.1 Å². The van der Waals surface area contributed by atoms with Crippen LogP contribution in [0.4, 0.5) is 5.69 Å². The van der Waals surface area contributed by atoms with E-state index in [9.17, 15) is 4.79 Å². The van der Waals surface area contributed by atoms with Crippen molar-refractivity contribution in [1.29, 1.82) is 0 Å². The zero-order chi connectivity index (χ0) is 17.7. The number of esters is 1. The third kappa shape index (κ3) is 4.38. The van der Waals surface area contributed by atoms with Crippen molar-refractivity contribution >= 4 is 11.7 Å². The molecule has 0 aliphatic rings. The van der Waals surface area contributed by atoms with Crippen molar-refractivity contribution in [3.8, 4) is 0 Å². The van der Waals surface area contributed by atoms with Crippen LogP contribution in [-0.2, 0) is 10.2 Å². The molecule has 0 aliphatic carbocycles. The first-order valence-corrected chi connectivity index (χ1v) is 8.46. The van der Waals surface area contributed by atoms with Crippen molar-refractivity contribution in [3.63, 3.8) is 0 Å². The van der Waals surface area contributed by atoms with Crippen LogP contribution in [0.3, 0.4) is 0 Å². The molecule has 3 nitrogen and oxygen atoms in total. The SMILES string of the molecule is CCN(c1ccccc1)C(C)OC(=O)c1ccc(C(C)(C)C)cc1. The maximum absolute atomic E-state index is 12.4. The van der Waals surface area contributed by atoms with Crippen LogP contribution < -0.4 is 4.90 Å². The first-order chi connectivity index (χ1) is 11.3. The summed E-state index contributed by atoms with van der Waals surface area (Å²) < 4.78 is 5.66. The summed E-state index contributed by atoms with van der Waals surface area (Å²) in [6, 6.07) is 17.7. The molecule has 1 atom stereocenters. The molecule has 0 spiro atoms. The zero-order valence-electron chi connectivity index (χ0n) is 15.2. The summed E-state index contributed by atoms with van der Waals surface area (Å²) in [6.45, 7) is 11.2. The Hall–Kier alpha value is -2.29. The van der Waals surface area contributed by atoms with Gasteiger partial charge in [-0.05, 0) is 49.1 Å². The second-order valence-corrected chi connectivity index (χ2v) is 6.95. The molecule has 0 fully saturated rings. The standard InChI is InChI=1S/C21H27NO2/c1-6-22(19-10-8-7-9-11-19)16(2)24-20(23)17-12-14-18(15-13-17)21(3,4)5/h7-16H,6H2,1-5H3. The summed E-state index contributed by atoms with van der Waals surface area (Å²) >= 11 is 0. The van der Waals surface area contributed by atoms with Gasteiger partial charge in [-0.2, -0.15) is 0 Å². The van der Waals surface area contributed by atoms with Gasteiger partial charge in [0.05, 0.1) is 5.56 Å². The molecule has 2 aromatic carbocycles. The van der Waals surface area contributed by atoms with Gasteiger partial charge in [0.2, 0.25) is 0 Å². The molecular weight excluding hydrogens is 298 g/mol. The number of para-hydroxylation sites is 1. The summed E-state index contributed by atoms with van der Waals surface area (Å²) in [6.07, 6.45) is -0.327.